The highest BCUT2D eigenvalue weighted by atomic mass is 15.4. The van der Waals surface area contributed by atoms with Gasteiger partial charge in [0.05, 0.1) is 11.4 Å². The van der Waals surface area contributed by atoms with Crippen LogP contribution in [0, 0.1) is 20.8 Å². The molecule has 2 aromatic rings. The lowest BCUT2D eigenvalue weighted by Crippen LogP contribution is -2.12. The zero-order valence-corrected chi connectivity index (χ0v) is 10.7. The lowest BCUT2D eigenvalue weighted by molar-refractivity contribution is 0.730. The van der Waals surface area contributed by atoms with Crippen LogP contribution < -0.4 is 5.32 Å². The van der Waals surface area contributed by atoms with Crippen molar-refractivity contribution in [3.63, 3.8) is 0 Å². The number of rotatable bonds is 3. The van der Waals surface area contributed by atoms with Crippen LogP contribution in [0.3, 0.4) is 0 Å². The first-order valence-electron chi connectivity index (χ1n) is 5.63. The number of aromatic nitrogens is 4. The molecule has 0 amide bonds. The summed E-state index contributed by atoms with van der Waals surface area (Å²) in [6.45, 7) is 6.67. The first-order chi connectivity index (χ1) is 8.10. The molecule has 0 bridgehead atoms. The van der Waals surface area contributed by atoms with E-state index in [2.05, 4.69) is 20.4 Å². The maximum atomic E-state index is 4.49. The van der Waals surface area contributed by atoms with E-state index in [1.54, 1.807) is 4.68 Å². The third kappa shape index (κ3) is 2.50. The Kier molecular flexibility index (Phi) is 3.19. The van der Waals surface area contributed by atoms with Crippen molar-refractivity contribution in [1.82, 2.24) is 25.1 Å². The predicted octanol–water partition coefficient (Wildman–Crippen LogP) is 1.31. The van der Waals surface area contributed by atoms with Crippen molar-refractivity contribution in [2.75, 3.05) is 7.05 Å². The second kappa shape index (κ2) is 4.63. The molecule has 0 unspecified atom stereocenters. The lowest BCUT2D eigenvalue weighted by Gasteiger charge is -2.06. The Bertz CT molecular complexity index is 530. The van der Waals surface area contributed by atoms with Crippen LogP contribution in [-0.2, 0) is 6.54 Å². The van der Waals surface area contributed by atoms with Crippen LogP contribution in [0.15, 0.2) is 12.1 Å². The van der Waals surface area contributed by atoms with Crippen molar-refractivity contribution in [2.24, 2.45) is 0 Å². The van der Waals surface area contributed by atoms with Crippen molar-refractivity contribution in [3.8, 4) is 5.95 Å². The van der Waals surface area contributed by atoms with Crippen molar-refractivity contribution in [3.05, 3.63) is 34.9 Å². The Morgan fingerprint density at radius 2 is 1.88 bits per heavy atom. The second-order valence-electron chi connectivity index (χ2n) is 4.17. The fraction of sp³-hybridized carbons (Fsp3) is 0.417. The average molecular weight is 231 g/mol. The summed E-state index contributed by atoms with van der Waals surface area (Å²) in [7, 11) is 1.90. The van der Waals surface area contributed by atoms with Crippen LogP contribution in [0.25, 0.3) is 5.95 Å². The number of aryl methyl sites for hydroxylation is 3. The van der Waals surface area contributed by atoms with E-state index in [0.717, 1.165) is 29.3 Å². The molecule has 0 aliphatic heterocycles. The van der Waals surface area contributed by atoms with Crippen molar-refractivity contribution < 1.29 is 0 Å². The summed E-state index contributed by atoms with van der Waals surface area (Å²) in [6, 6.07) is 4.00. The number of hydrogen-bond acceptors (Lipinski definition) is 4. The molecule has 2 aromatic heterocycles. The summed E-state index contributed by atoms with van der Waals surface area (Å²) in [4.78, 5) is 8.92. The minimum atomic E-state index is 0.640. The van der Waals surface area contributed by atoms with Gasteiger partial charge in [-0.15, -0.1) is 0 Å². The molecule has 2 heterocycles. The Balaban J connectivity index is 2.48. The monoisotopic (exact) mass is 231 g/mol. The molecule has 0 saturated heterocycles. The minimum absolute atomic E-state index is 0.640. The fourth-order valence-corrected chi connectivity index (χ4v) is 1.81. The van der Waals surface area contributed by atoms with E-state index in [9.17, 15) is 0 Å². The molecule has 1 N–H and O–H groups in total. The van der Waals surface area contributed by atoms with Crippen LogP contribution in [-0.4, -0.2) is 26.8 Å². The number of nitrogens with one attached hydrogen (secondary N) is 1. The first kappa shape index (κ1) is 11.7. The second-order valence-corrected chi connectivity index (χ2v) is 4.17. The van der Waals surface area contributed by atoms with E-state index in [1.165, 1.54) is 0 Å². The Hall–Kier alpha value is -1.75. The average Bonchev–Trinajstić information content (AvgIpc) is 2.57. The van der Waals surface area contributed by atoms with Gasteiger partial charge < -0.3 is 5.32 Å². The van der Waals surface area contributed by atoms with E-state index in [1.807, 2.05) is 40.0 Å². The molecule has 5 nitrogen and oxygen atoms in total. The van der Waals surface area contributed by atoms with Gasteiger partial charge in [0.15, 0.2) is 0 Å². The number of hydrogen-bond donors (Lipinski definition) is 1. The largest absolute Gasteiger partial charge is 0.314 e. The molecule has 17 heavy (non-hydrogen) atoms. The Morgan fingerprint density at radius 3 is 2.47 bits per heavy atom. The maximum Gasteiger partial charge on any atom is 0.251 e. The Morgan fingerprint density at radius 1 is 1.12 bits per heavy atom. The van der Waals surface area contributed by atoms with Gasteiger partial charge in [0.2, 0.25) is 0 Å². The summed E-state index contributed by atoms with van der Waals surface area (Å²) in [5.41, 5.74) is 3.95. The number of nitrogens with zero attached hydrogens (tertiary/aromatic N) is 4. The minimum Gasteiger partial charge on any atom is -0.314 e. The lowest BCUT2D eigenvalue weighted by atomic mass is 10.3. The SMILES string of the molecule is CNCc1cc(C)nc(-n2nc(C)cc2C)n1. The summed E-state index contributed by atoms with van der Waals surface area (Å²) in [5, 5.41) is 7.48. The zero-order chi connectivity index (χ0) is 12.4. The molecule has 0 fully saturated rings. The van der Waals surface area contributed by atoms with Crippen LogP contribution in [0.1, 0.15) is 22.8 Å². The molecule has 0 saturated carbocycles. The van der Waals surface area contributed by atoms with E-state index in [0.29, 0.717) is 5.95 Å². The normalized spacial score (nSPS) is 10.8. The molecule has 5 heteroatoms. The van der Waals surface area contributed by atoms with Gasteiger partial charge in [0.25, 0.3) is 5.95 Å². The van der Waals surface area contributed by atoms with Gasteiger partial charge in [0.1, 0.15) is 0 Å². The van der Waals surface area contributed by atoms with Gasteiger partial charge in [-0.3, -0.25) is 0 Å². The third-order valence-corrected chi connectivity index (χ3v) is 2.45. The molecule has 0 aromatic carbocycles. The quantitative estimate of drug-likeness (QED) is 0.865. The van der Waals surface area contributed by atoms with Crippen molar-refractivity contribution >= 4 is 0 Å². The standard InChI is InChI=1S/C12H17N5/c1-8-6-11(7-13-4)15-12(14-8)17-10(3)5-9(2)16-17/h5-6,13H,7H2,1-4H3. The Labute approximate surface area is 101 Å². The zero-order valence-electron chi connectivity index (χ0n) is 10.7. The molecule has 0 aliphatic rings. The molecule has 0 atom stereocenters. The highest BCUT2D eigenvalue weighted by molar-refractivity contribution is 5.22. The van der Waals surface area contributed by atoms with Gasteiger partial charge in [-0.25, -0.2) is 14.6 Å². The van der Waals surface area contributed by atoms with Crippen LogP contribution in [0.4, 0.5) is 0 Å². The molecule has 90 valence electrons. The van der Waals surface area contributed by atoms with Gasteiger partial charge in [0, 0.05) is 17.9 Å². The summed E-state index contributed by atoms with van der Waals surface area (Å²) in [6.07, 6.45) is 0. The van der Waals surface area contributed by atoms with Crippen LogP contribution in [0.5, 0.6) is 0 Å². The highest BCUT2D eigenvalue weighted by Gasteiger charge is 2.08. The third-order valence-electron chi connectivity index (χ3n) is 2.45. The van der Waals surface area contributed by atoms with Crippen molar-refractivity contribution in [2.45, 2.75) is 27.3 Å². The van der Waals surface area contributed by atoms with Crippen molar-refractivity contribution in [1.29, 1.82) is 0 Å². The molecule has 0 aliphatic carbocycles. The topological polar surface area (TPSA) is 55.6 Å². The summed E-state index contributed by atoms with van der Waals surface area (Å²) < 4.78 is 1.78. The molecule has 2 rings (SSSR count). The summed E-state index contributed by atoms with van der Waals surface area (Å²) >= 11 is 0. The maximum absolute atomic E-state index is 4.49. The highest BCUT2D eigenvalue weighted by Crippen LogP contribution is 2.09. The van der Waals surface area contributed by atoms with E-state index in [4.69, 9.17) is 0 Å². The van der Waals surface area contributed by atoms with E-state index >= 15 is 0 Å². The van der Waals surface area contributed by atoms with Gasteiger partial charge in [-0.05, 0) is 40.0 Å². The predicted molar refractivity (Wildman–Crippen MR) is 66.1 cm³/mol. The van der Waals surface area contributed by atoms with Crippen LogP contribution in [0.2, 0.25) is 0 Å². The molecular weight excluding hydrogens is 214 g/mol. The van der Waals surface area contributed by atoms with E-state index < -0.39 is 0 Å². The fourth-order valence-electron chi connectivity index (χ4n) is 1.81. The smallest absolute Gasteiger partial charge is 0.251 e. The molecule has 0 radical (unpaired) electrons. The van der Waals surface area contributed by atoms with Gasteiger partial charge in [-0.1, -0.05) is 0 Å². The first-order valence-corrected chi connectivity index (χ1v) is 5.63. The van der Waals surface area contributed by atoms with Gasteiger partial charge in [-0.2, -0.15) is 5.10 Å². The van der Waals surface area contributed by atoms with Crippen LogP contribution >= 0.6 is 0 Å². The molecular formula is C12H17N5. The molecule has 0 spiro atoms. The summed E-state index contributed by atoms with van der Waals surface area (Å²) in [5.74, 6) is 0.640. The van der Waals surface area contributed by atoms with Gasteiger partial charge >= 0.3 is 0 Å². The van der Waals surface area contributed by atoms with E-state index in [-0.39, 0.29) is 0 Å².